The number of ether oxygens (including phenoxy) is 2. The molecule has 122 valence electrons. The Hall–Kier alpha value is -2.22. The lowest BCUT2D eigenvalue weighted by Crippen LogP contribution is -1.97. The van der Waals surface area contributed by atoms with Crippen molar-refractivity contribution >= 4 is 5.76 Å². The van der Waals surface area contributed by atoms with Gasteiger partial charge in [-0.2, -0.15) is 0 Å². The van der Waals surface area contributed by atoms with Crippen molar-refractivity contribution in [1.29, 1.82) is 0 Å². The van der Waals surface area contributed by atoms with Crippen LogP contribution in [0.4, 0.5) is 0 Å². The van der Waals surface area contributed by atoms with Crippen LogP contribution in [0.15, 0.2) is 59.7 Å². The molecule has 0 aliphatic heterocycles. The van der Waals surface area contributed by atoms with Crippen molar-refractivity contribution in [2.24, 2.45) is 0 Å². The summed E-state index contributed by atoms with van der Waals surface area (Å²) in [6.07, 6.45) is 10.0. The third kappa shape index (κ3) is 3.95. The van der Waals surface area contributed by atoms with Crippen LogP contribution in [0.3, 0.4) is 0 Å². The monoisotopic (exact) mass is 310 g/mol. The topological polar surface area (TPSA) is 18.5 Å². The molecule has 0 N–H and O–H groups in total. The van der Waals surface area contributed by atoms with Crippen molar-refractivity contribution in [3.8, 4) is 5.75 Å². The standard InChI is InChI=1S/C21H26O2/c1-15-10-7-6-8-11-18(15)16(2)14-21(23-5)19-12-9-13-20(22-4)17(19)3/h9-14H,2,6-8H2,1,3-5H3/b21-14-. The van der Waals surface area contributed by atoms with Gasteiger partial charge in [0.15, 0.2) is 0 Å². The van der Waals surface area contributed by atoms with Crippen LogP contribution in [0.1, 0.15) is 37.3 Å². The molecular formula is C21H26O2. The van der Waals surface area contributed by atoms with Crippen molar-refractivity contribution < 1.29 is 9.47 Å². The van der Waals surface area contributed by atoms with Gasteiger partial charge in [0.2, 0.25) is 0 Å². The first-order valence-corrected chi connectivity index (χ1v) is 8.04. The average molecular weight is 310 g/mol. The van der Waals surface area contributed by atoms with Crippen molar-refractivity contribution in [2.75, 3.05) is 14.2 Å². The summed E-state index contributed by atoms with van der Waals surface area (Å²) in [5.74, 6) is 1.67. The zero-order valence-corrected chi connectivity index (χ0v) is 14.6. The Morgan fingerprint density at radius 1 is 1.13 bits per heavy atom. The van der Waals surface area contributed by atoms with Gasteiger partial charge in [-0.15, -0.1) is 0 Å². The fourth-order valence-corrected chi connectivity index (χ4v) is 2.92. The molecule has 0 saturated heterocycles. The highest BCUT2D eigenvalue weighted by Crippen LogP contribution is 2.30. The van der Waals surface area contributed by atoms with Crippen LogP contribution >= 0.6 is 0 Å². The minimum Gasteiger partial charge on any atom is -0.496 e. The summed E-state index contributed by atoms with van der Waals surface area (Å²) >= 11 is 0. The molecular weight excluding hydrogens is 284 g/mol. The number of allylic oxidation sites excluding steroid dienone is 6. The first kappa shape index (κ1) is 17.1. The van der Waals surface area contributed by atoms with Gasteiger partial charge in [-0.1, -0.05) is 30.9 Å². The molecule has 0 bridgehead atoms. The smallest absolute Gasteiger partial charge is 0.127 e. The maximum atomic E-state index is 5.64. The summed E-state index contributed by atoms with van der Waals surface area (Å²) in [7, 11) is 3.38. The Labute approximate surface area is 139 Å². The van der Waals surface area contributed by atoms with E-state index < -0.39 is 0 Å². The van der Waals surface area contributed by atoms with Crippen molar-refractivity contribution in [2.45, 2.75) is 33.1 Å². The molecule has 0 radical (unpaired) electrons. The van der Waals surface area contributed by atoms with Gasteiger partial charge in [0.05, 0.1) is 14.2 Å². The third-order valence-electron chi connectivity index (χ3n) is 4.27. The van der Waals surface area contributed by atoms with E-state index in [1.165, 1.54) is 17.6 Å². The van der Waals surface area contributed by atoms with Crippen LogP contribution in [0.2, 0.25) is 0 Å². The second kappa shape index (κ2) is 7.87. The zero-order chi connectivity index (χ0) is 16.8. The summed E-state index contributed by atoms with van der Waals surface area (Å²) in [6.45, 7) is 8.45. The molecule has 0 unspecified atom stereocenters. The molecule has 2 nitrogen and oxygen atoms in total. The molecule has 23 heavy (non-hydrogen) atoms. The average Bonchev–Trinajstić information content (AvgIpc) is 2.77. The van der Waals surface area contributed by atoms with Crippen molar-refractivity contribution in [3.63, 3.8) is 0 Å². The van der Waals surface area contributed by atoms with Crippen LogP contribution in [-0.4, -0.2) is 14.2 Å². The molecule has 1 aliphatic rings. The van der Waals surface area contributed by atoms with E-state index in [1.807, 2.05) is 31.2 Å². The van der Waals surface area contributed by atoms with E-state index in [1.54, 1.807) is 14.2 Å². The van der Waals surface area contributed by atoms with Gasteiger partial charge in [-0.05, 0) is 62.0 Å². The second-order valence-corrected chi connectivity index (χ2v) is 5.81. The first-order chi connectivity index (χ1) is 11.1. The lowest BCUT2D eigenvalue weighted by atomic mass is 9.97. The minimum atomic E-state index is 0.810. The molecule has 0 saturated carbocycles. The molecule has 1 aromatic rings. The molecule has 1 aliphatic carbocycles. The van der Waals surface area contributed by atoms with Crippen LogP contribution in [0.25, 0.3) is 5.76 Å². The van der Waals surface area contributed by atoms with Crippen LogP contribution in [0, 0.1) is 6.92 Å². The lowest BCUT2D eigenvalue weighted by Gasteiger charge is -2.14. The maximum Gasteiger partial charge on any atom is 0.127 e. The molecule has 0 spiro atoms. The van der Waals surface area contributed by atoms with E-state index in [0.29, 0.717) is 0 Å². The number of methoxy groups -OCH3 is 2. The molecule has 0 atom stereocenters. The highest BCUT2D eigenvalue weighted by molar-refractivity contribution is 5.70. The van der Waals surface area contributed by atoms with Gasteiger partial charge >= 0.3 is 0 Å². The van der Waals surface area contributed by atoms with Crippen LogP contribution < -0.4 is 4.74 Å². The highest BCUT2D eigenvalue weighted by Gasteiger charge is 2.12. The molecule has 0 heterocycles. The molecule has 2 heteroatoms. The van der Waals surface area contributed by atoms with E-state index in [4.69, 9.17) is 9.47 Å². The third-order valence-corrected chi connectivity index (χ3v) is 4.27. The Balaban J connectivity index is 2.39. The number of rotatable bonds is 5. The largest absolute Gasteiger partial charge is 0.496 e. The van der Waals surface area contributed by atoms with E-state index in [2.05, 4.69) is 25.7 Å². The minimum absolute atomic E-state index is 0.810. The van der Waals surface area contributed by atoms with Gasteiger partial charge in [0.25, 0.3) is 0 Å². The Kier molecular flexibility index (Phi) is 5.86. The quantitative estimate of drug-likeness (QED) is 0.520. The van der Waals surface area contributed by atoms with E-state index in [9.17, 15) is 0 Å². The maximum absolute atomic E-state index is 5.64. The second-order valence-electron chi connectivity index (χ2n) is 5.81. The fraction of sp³-hybridized carbons (Fsp3) is 0.333. The molecule has 2 rings (SSSR count). The fourth-order valence-electron chi connectivity index (χ4n) is 2.92. The Morgan fingerprint density at radius 3 is 2.57 bits per heavy atom. The lowest BCUT2D eigenvalue weighted by molar-refractivity contribution is 0.368. The number of benzene rings is 1. The number of hydrogen-bond acceptors (Lipinski definition) is 2. The summed E-state index contributed by atoms with van der Waals surface area (Å²) < 4.78 is 11.1. The van der Waals surface area contributed by atoms with Gasteiger partial charge in [-0.3, -0.25) is 0 Å². The van der Waals surface area contributed by atoms with Gasteiger partial charge in [-0.25, -0.2) is 0 Å². The Morgan fingerprint density at radius 2 is 1.87 bits per heavy atom. The van der Waals surface area contributed by atoms with E-state index in [0.717, 1.165) is 41.1 Å². The van der Waals surface area contributed by atoms with E-state index >= 15 is 0 Å². The number of hydrogen-bond donors (Lipinski definition) is 0. The SMILES string of the molecule is C=C(/C=C(\OC)c1cccc(OC)c1C)C1=CCCCC=C1C. The van der Waals surface area contributed by atoms with E-state index in [-0.39, 0.29) is 0 Å². The normalized spacial score (nSPS) is 15.4. The summed E-state index contributed by atoms with van der Waals surface area (Å²) in [4.78, 5) is 0. The molecule has 0 aromatic heterocycles. The van der Waals surface area contributed by atoms with Crippen LogP contribution in [0.5, 0.6) is 5.75 Å². The molecule has 0 fully saturated rings. The summed E-state index contributed by atoms with van der Waals surface area (Å²) in [5.41, 5.74) is 5.60. The molecule has 1 aromatic carbocycles. The predicted molar refractivity (Wildman–Crippen MR) is 97.5 cm³/mol. The molecule has 0 amide bonds. The Bertz CT molecular complexity index is 675. The summed E-state index contributed by atoms with van der Waals surface area (Å²) in [5, 5.41) is 0. The zero-order valence-electron chi connectivity index (χ0n) is 14.6. The van der Waals surface area contributed by atoms with Crippen molar-refractivity contribution in [1.82, 2.24) is 0 Å². The van der Waals surface area contributed by atoms with Gasteiger partial charge < -0.3 is 9.47 Å². The van der Waals surface area contributed by atoms with Crippen molar-refractivity contribution in [3.05, 3.63) is 70.9 Å². The highest BCUT2D eigenvalue weighted by atomic mass is 16.5. The van der Waals surface area contributed by atoms with Gasteiger partial charge in [0.1, 0.15) is 11.5 Å². The first-order valence-electron chi connectivity index (χ1n) is 8.04. The van der Waals surface area contributed by atoms with Crippen LogP contribution in [-0.2, 0) is 4.74 Å². The predicted octanol–water partition coefficient (Wildman–Crippen LogP) is 5.60. The van der Waals surface area contributed by atoms with Gasteiger partial charge in [0, 0.05) is 11.1 Å². The summed E-state index contributed by atoms with van der Waals surface area (Å²) in [6, 6.07) is 5.99.